The zero-order chi connectivity index (χ0) is 15.5. The van der Waals surface area contributed by atoms with Crippen LogP contribution >= 0.6 is 0 Å². The Morgan fingerprint density at radius 3 is 2.57 bits per heavy atom. The Hall–Kier alpha value is -1.82. The molecular formula is C15H21FN2O3. The first kappa shape index (κ1) is 15.6. The molecule has 0 spiro atoms. The number of benzene rings is 1. The summed E-state index contributed by atoms with van der Waals surface area (Å²) in [7, 11) is 0. The van der Waals surface area contributed by atoms with E-state index in [2.05, 4.69) is 5.32 Å². The highest BCUT2D eigenvalue weighted by atomic mass is 19.1. The number of rotatable bonds is 2. The van der Waals surface area contributed by atoms with Crippen molar-refractivity contribution in [3.63, 3.8) is 0 Å². The van der Waals surface area contributed by atoms with Gasteiger partial charge in [0.1, 0.15) is 11.4 Å². The Morgan fingerprint density at radius 2 is 1.95 bits per heavy atom. The number of nitrogens with one attached hydrogen (secondary N) is 1. The van der Waals surface area contributed by atoms with Crippen LogP contribution in [0.2, 0.25) is 0 Å². The SMILES string of the molecule is CC(C)(C)OC(=O)Nc1cc(F)cc(N2CCOCC2)c1. The number of amides is 1. The molecule has 1 aliphatic rings. The quantitative estimate of drug-likeness (QED) is 0.911. The van der Waals surface area contributed by atoms with E-state index in [0.717, 1.165) is 5.69 Å². The van der Waals surface area contributed by atoms with Crippen molar-refractivity contribution < 1.29 is 18.7 Å². The van der Waals surface area contributed by atoms with Gasteiger partial charge in [0.2, 0.25) is 0 Å². The maximum atomic E-state index is 13.7. The molecule has 5 nitrogen and oxygen atoms in total. The first-order valence-corrected chi connectivity index (χ1v) is 6.97. The standard InChI is InChI=1S/C15H21FN2O3/c1-15(2,3)21-14(19)17-12-8-11(16)9-13(10-12)18-4-6-20-7-5-18/h8-10H,4-7H2,1-3H3,(H,17,19). The van der Waals surface area contributed by atoms with E-state index in [9.17, 15) is 9.18 Å². The third-order valence-electron chi connectivity index (χ3n) is 2.90. The van der Waals surface area contributed by atoms with Gasteiger partial charge in [-0.05, 0) is 39.0 Å². The fourth-order valence-electron chi connectivity index (χ4n) is 2.07. The zero-order valence-corrected chi connectivity index (χ0v) is 12.6. The monoisotopic (exact) mass is 296 g/mol. The summed E-state index contributed by atoms with van der Waals surface area (Å²) in [5.74, 6) is -0.398. The normalized spacial score (nSPS) is 15.7. The van der Waals surface area contributed by atoms with Crippen molar-refractivity contribution >= 4 is 17.5 Å². The molecule has 2 rings (SSSR count). The number of morpholine rings is 1. The lowest BCUT2D eigenvalue weighted by molar-refractivity contribution is 0.0636. The fourth-order valence-corrected chi connectivity index (χ4v) is 2.07. The predicted molar refractivity (Wildman–Crippen MR) is 79.3 cm³/mol. The van der Waals surface area contributed by atoms with Crippen molar-refractivity contribution in [2.24, 2.45) is 0 Å². The highest BCUT2D eigenvalue weighted by Gasteiger charge is 2.18. The lowest BCUT2D eigenvalue weighted by Gasteiger charge is -2.29. The molecule has 1 aromatic rings. The second kappa shape index (κ2) is 6.30. The Kier molecular flexibility index (Phi) is 4.67. The topological polar surface area (TPSA) is 50.8 Å². The van der Waals surface area contributed by atoms with Crippen LogP contribution in [0.15, 0.2) is 18.2 Å². The van der Waals surface area contributed by atoms with Gasteiger partial charge < -0.3 is 14.4 Å². The first-order valence-electron chi connectivity index (χ1n) is 6.97. The minimum Gasteiger partial charge on any atom is -0.444 e. The molecule has 1 amide bonds. The molecule has 1 N–H and O–H groups in total. The van der Waals surface area contributed by atoms with Gasteiger partial charge in [0.15, 0.2) is 0 Å². The molecular weight excluding hydrogens is 275 g/mol. The van der Waals surface area contributed by atoms with Gasteiger partial charge in [0, 0.05) is 24.5 Å². The van der Waals surface area contributed by atoms with Gasteiger partial charge in [-0.3, -0.25) is 5.32 Å². The summed E-state index contributed by atoms with van der Waals surface area (Å²) in [5.41, 5.74) is 0.514. The minimum absolute atomic E-state index is 0.380. The van der Waals surface area contributed by atoms with Gasteiger partial charge in [-0.15, -0.1) is 0 Å². The number of nitrogens with zero attached hydrogens (tertiary/aromatic N) is 1. The Morgan fingerprint density at radius 1 is 1.29 bits per heavy atom. The molecule has 116 valence electrons. The second-order valence-corrected chi connectivity index (χ2v) is 5.92. The number of carbonyl (C=O) groups excluding carboxylic acids is 1. The summed E-state index contributed by atoms with van der Waals surface area (Å²) in [6, 6.07) is 4.46. The van der Waals surface area contributed by atoms with E-state index < -0.39 is 17.5 Å². The fraction of sp³-hybridized carbons (Fsp3) is 0.533. The molecule has 0 unspecified atom stereocenters. The van der Waals surface area contributed by atoms with Crippen molar-refractivity contribution in [1.82, 2.24) is 0 Å². The molecule has 6 heteroatoms. The summed E-state index contributed by atoms with van der Waals surface area (Å²) in [5, 5.41) is 2.56. The van der Waals surface area contributed by atoms with E-state index in [1.807, 2.05) is 4.90 Å². The maximum Gasteiger partial charge on any atom is 0.412 e. The average molecular weight is 296 g/mol. The van der Waals surface area contributed by atoms with Crippen molar-refractivity contribution in [1.29, 1.82) is 0 Å². The maximum absolute atomic E-state index is 13.7. The third kappa shape index (κ3) is 4.90. The summed E-state index contributed by atoms with van der Waals surface area (Å²) < 4.78 is 24.2. The van der Waals surface area contributed by atoms with Gasteiger partial charge in [0.25, 0.3) is 0 Å². The second-order valence-electron chi connectivity index (χ2n) is 5.92. The number of ether oxygens (including phenoxy) is 2. The number of anilines is 2. The zero-order valence-electron chi connectivity index (χ0n) is 12.6. The van der Waals surface area contributed by atoms with E-state index in [0.29, 0.717) is 32.0 Å². The molecule has 1 aliphatic heterocycles. The Labute approximate surface area is 124 Å². The predicted octanol–water partition coefficient (Wildman–Crippen LogP) is 3.01. The molecule has 0 atom stereocenters. The molecule has 0 aliphatic carbocycles. The van der Waals surface area contributed by atoms with E-state index >= 15 is 0 Å². The van der Waals surface area contributed by atoms with E-state index in [-0.39, 0.29) is 0 Å². The molecule has 21 heavy (non-hydrogen) atoms. The van der Waals surface area contributed by atoms with Gasteiger partial charge >= 0.3 is 6.09 Å². The molecule has 0 saturated carbocycles. The van der Waals surface area contributed by atoms with Crippen LogP contribution in [0.5, 0.6) is 0 Å². The Bertz CT molecular complexity index is 508. The van der Waals surface area contributed by atoms with Gasteiger partial charge in [0.05, 0.1) is 13.2 Å². The largest absolute Gasteiger partial charge is 0.444 e. The number of hydrogen-bond donors (Lipinski definition) is 1. The van der Waals surface area contributed by atoms with Crippen molar-refractivity contribution in [2.75, 3.05) is 36.5 Å². The first-order chi connectivity index (χ1) is 9.83. The lowest BCUT2D eigenvalue weighted by atomic mass is 10.2. The summed E-state index contributed by atoms with van der Waals surface area (Å²) in [6.07, 6.45) is -0.596. The van der Waals surface area contributed by atoms with E-state index in [1.54, 1.807) is 26.8 Å². The molecule has 0 aromatic heterocycles. The van der Waals surface area contributed by atoms with E-state index in [4.69, 9.17) is 9.47 Å². The van der Waals surface area contributed by atoms with Crippen molar-refractivity contribution in [2.45, 2.75) is 26.4 Å². The smallest absolute Gasteiger partial charge is 0.412 e. The van der Waals surface area contributed by atoms with Crippen LogP contribution in [0.25, 0.3) is 0 Å². The summed E-state index contributed by atoms with van der Waals surface area (Å²) in [4.78, 5) is 13.8. The number of carbonyl (C=O) groups is 1. The molecule has 1 aromatic carbocycles. The number of hydrogen-bond acceptors (Lipinski definition) is 4. The van der Waals surface area contributed by atoms with Crippen LogP contribution in [-0.2, 0) is 9.47 Å². The lowest BCUT2D eigenvalue weighted by Crippen LogP contribution is -2.36. The van der Waals surface area contributed by atoms with Gasteiger partial charge in [-0.2, -0.15) is 0 Å². The summed E-state index contributed by atoms with van der Waals surface area (Å²) >= 11 is 0. The van der Waals surface area contributed by atoms with Crippen molar-refractivity contribution in [3.8, 4) is 0 Å². The van der Waals surface area contributed by atoms with Gasteiger partial charge in [-0.25, -0.2) is 9.18 Å². The molecule has 1 saturated heterocycles. The van der Waals surface area contributed by atoms with Crippen molar-refractivity contribution in [3.05, 3.63) is 24.0 Å². The molecule has 0 radical (unpaired) electrons. The highest BCUT2D eigenvalue weighted by molar-refractivity contribution is 5.85. The molecule has 1 fully saturated rings. The van der Waals surface area contributed by atoms with Crippen LogP contribution < -0.4 is 10.2 Å². The molecule has 0 bridgehead atoms. The minimum atomic E-state index is -0.596. The van der Waals surface area contributed by atoms with Gasteiger partial charge in [-0.1, -0.05) is 0 Å². The van der Waals surface area contributed by atoms with Crippen LogP contribution in [-0.4, -0.2) is 38.0 Å². The average Bonchev–Trinajstić information content (AvgIpc) is 2.36. The highest BCUT2D eigenvalue weighted by Crippen LogP contribution is 2.23. The van der Waals surface area contributed by atoms with Crippen LogP contribution in [0, 0.1) is 5.82 Å². The van der Waals surface area contributed by atoms with Crippen LogP contribution in [0.1, 0.15) is 20.8 Å². The summed E-state index contributed by atoms with van der Waals surface area (Å²) in [6.45, 7) is 7.97. The third-order valence-corrected chi connectivity index (χ3v) is 2.90. The van der Waals surface area contributed by atoms with E-state index in [1.165, 1.54) is 12.1 Å². The molecule has 1 heterocycles. The van der Waals surface area contributed by atoms with Crippen LogP contribution in [0.4, 0.5) is 20.6 Å². The Balaban J connectivity index is 2.09. The van der Waals surface area contributed by atoms with Crippen LogP contribution in [0.3, 0.4) is 0 Å². The number of halogens is 1.